The molecule has 2 aromatic carbocycles. The number of aromatic nitrogens is 1. The van der Waals surface area contributed by atoms with E-state index < -0.39 is 0 Å². The van der Waals surface area contributed by atoms with Crippen LogP contribution in [0.4, 0.5) is 11.4 Å². The van der Waals surface area contributed by atoms with Crippen LogP contribution in [-0.2, 0) is 6.42 Å². The summed E-state index contributed by atoms with van der Waals surface area (Å²) in [6.45, 7) is 0.492. The molecule has 2 N–H and O–H groups in total. The van der Waals surface area contributed by atoms with Crippen LogP contribution >= 0.6 is 0 Å². The van der Waals surface area contributed by atoms with E-state index >= 15 is 0 Å². The van der Waals surface area contributed by atoms with Gasteiger partial charge in [-0.3, -0.25) is 4.79 Å². The molecule has 0 aliphatic rings. The molecule has 0 bridgehead atoms. The third-order valence-electron chi connectivity index (χ3n) is 4.17. The normalized spacial score (nSPS) is 10.0. The van der Waals surface area contributed by atoms with E-state index in [0.717, 1.165) is 22.7 Å². The van der Waals surface area contributed by atoms with Gasteiger partial charge in [0.1, 0.15) is 11.4 Å². The summed E-state index contributed by atoms with van der Waals surface area (Å²) in [6, 6.07) is 20.4. The van der Waals surface area contributed by atoms with Gasteiger partial charge in [-0.05, 0) is 54.4 Å². The Kier molecular flexibility index (Phi) is 6.21. The number of nitriles is 1. The van der Waals surface area contributed by atoms with Gasteiger partial charge in [0.05, 0.1) is 30.6 Å². The van der Waals surface area contributed by atoms with Crippen LogP contribution in [0.25, 0.3) is 0 Å². The number of rotatable bonds is 7. The van der Waals surface area contributed by atoms with E-state index in [4.69, 9.17) is 10.00 Å². The van der Waals surface area contributed by atoms with Crippen LogP contribution in [0.1, 0.15) is 21.6 Å². The van der Waals surface area contributed by atoms with Crippen molar-refractivity contribution in [3.63, 3.8) is 0 Å². The Balaban J connectivity index is 1.53. The Morgan fingerprint density at radius 2 is 1.82 bits per heavy atom. The smallest absolute Gasteiger partial charge is 0.269 e. The molecule has 0 spiro atoms. The fraction of sp³-hybridized carbons (Fsp3) is 0.136. The number of para-hydroxylation sites is 1. The first-order chi connectivity index (χ1) is 13.7. The predicted molar refractivity (Wildman–Crippen MR) is 108 cm³/mol. The summed E-state index contributed by atoms with van der Waals surface area (Å²) in [7, 11) is 1.63. The monoisotopic (exact) mass is 372 g/mol. The Morgan fingerprint density at radius 1 is 1.07 bits per heavy atom. The van der Waals surface area contributed by atoms with E-state index in [1.807, 2.05) is 36.4 Å². The highest BCUT2D eigenvalue weighted by Crippen LogP contribution is 2.18. The summed E-state index contributed by atoms with van der Waals surface area (Å²) >= 11 is 0. The van der Waals surface area contributed by atoms with Crippen LogP contribution in [0.2, 0.25) is 0 Å². The molecule has 3 rings (SSSR count). The van der Waals surface area contributed by atoms with Crippen molar-refractivity contribution < 1.29 is 9.53 Å². The SMILES string of the molecule is COc1ccccc1CCNC(=O)c1ccc(Nc2ccc(C#N)cc2)cn1. The minimum atomic E-state index is -0.222. The number of carbonyl (C=O) groups is 1. The number of nitrogens with zero attached hydrogens (tertiary/aromatic N) is 2. The highest BCUT2D eigenvalue weighted by molar-refractivity contribution is 5.92. The summed E-state index contributed by atoms with van der Waals surface area (Å²) < 4.78 is 5.31. The van der Waals surface area contributed by atoms with Gasteiger partial charge in [0.15, 0.2) is 0 Å². The standard InChI is InChI=1S/C22H20N4O2/c1-28-21-5-3-2-4-17(21)12-13-24-22(27)20-11-10-19(15-25-20)26-18-8-6-16(14-23)7-9-18/h2-11,15,26H,12-13H2,1H3,(H,24,27). The maximum absolute atomic E-state index is 12.3. The molecule has 6 nitrogen and oxygen atoms in total. The molecule has 0 saturated carbocycles. The van der Waals surface area contributed by atoms with Gasteiger partial charge in [0, 0.05) is 12.2 Å². The van der Waals surface area contributed by atoms with Gasteiger partial charge in [0.25, 0.3) is 5.91 Å². The maximum atomic E-state index is 12.3. The second-order valence-electron chi connectivity index (χ2n) is 6.06. The van der Waals surface area contributed by atoms with Crippen molar-refractivity contribution in [3.05, 3.63) is 83.7 Å². The first kappa shape index (κ1) is 18.9. The fourth-order valence-corrected chi connectivity index (χ4v) is 2.71. The molecule has 0 aliphatic carbocycles. The first-order valence-corrected chi connectivity index (χ1v) is 8.83. The zero-order chi connectivity index (χ0) is 19.8. The lowest BCUT2D eigenvalue weighted by Gasteiger charge is -2.09. The summed E-state index contributed by atoms with van der Waals surface area (Å²) in [5.41, 5.74) is 3.60. The average molecular weight is 372 g/mol. The van der Waals surface area contributed by atoms with Gasteiger partial charge in [-0.25, -0.2) is 4.98 Å². The average Bonchev–Trinajstić information content (AvgIpc) is 2.75. The molecular weight excluding hydrogens is 352 g/mol. The van der Waals surface area contributed by atoms with Gasteiger partial charge in [0.2, 0.25) is 0 Å². The fourth-order valence-electron chi connectivity index (χ4n) is 2.71. The van der Waals surface area contributed by atoms with E-state index in [2.05, 4.69) is 21.7 Å². The number of methoxy groups -OCH3 is 1. The van der Waals surface area contributed by atoms with Gasteiger partial charge in [-0.1, -0.05) is 18.2 Å². The van der Waals surface area contributed by atoms with E-state index in [9.17, 15) is 4.79 Å². The van der Waals surface area contributed by atoms with Crippen LogP contribution in [0.5, 0.6) is 5.75 Å². The zero-order valence-corrected chi connectivity index (χ0v) is 15.5. The lowest BCUT2D eigenvalue weighted by atomic mass is 10.1. The molecule has 6 heteroatoms. The minimum Gasteiger partial charge on any atom is -0.496 e. The molecule has 0 atom stereocenters. The molecule has 1 amide bonds. The molecule has 28 heavy (non-hydrogen) atoms. The topological polar surface area (TPSA) is 87.0 Å². The summed E-state index contributed by atoms with van der Waals surface area (Å²) in [5.74, 6) is 0.591. The summed E-state index contributed by atoms with van der Waals surface area (Å²) in [5, 5.41) is 14.9. The highest BCUT2D eigenvalue weighted by atomic mass is 16.5. The molecule has 1 aromatic heterocycles. The van der Waals surface area contributed by atoms with E-state index in [0.29, 0.717) is 24.2 Å². The van der Waals surface area contributed by atoms with Crippen molar-refractivity contribution in [2.24, 2.45) is 0 Å². The maximum Gasteiger partial charge on any atom is 0.269 e. The van der Waals surface area contributed by atoms with Gasteiger partial charge >= 0.3 is 0 Å². The number of carbonyl (C=O) groups excluding carboxylic acids is 1. The van der Waals surface area contributed by atoms with Crippen molar-refractivity contribution in [1.82, 2.24) is 10.3 Å². The first-order valence-electron chi connectivity index (χ1n) is 8.83. The summed E-state index contributed by atoms with van der Waals surface area (Å²) in [6.07, 6.45) is 2.28. The number of hydrogen-bond acceptors (Lipinski definition) is 5. The number of nitrogens with one attached hydrogen (secondary N) is 2. The van der Waals surface area contributed by atoms with Crippen LogP contribution in [0.3, 0.4) is 0 Å². The quantitative estimate of drug-likeness (QED) is 0.661. The Bertz CT molecular complexity index is 977. The van der Waals surface area contributed by atoms with Crippen LogP contribution in [-0.4, -0.2) is 24.5 Å². The molecule has 0 radical (unpaired) electrons. The Morgan fingerprint density at radius 3 is 2.50 bits per heavy atom. The number of amides is 1. The van der Waals surface area contributed by atoms with E-state index in [1.165, 1.54) is 0 Å². The molecule has 0 saturated heterocycles. The molecular formula is C22H20N4O2. The van der Waals surface area contributed by atoms with Crippen molar-refractivity contribution in [3.8, 4) is 11.8 Å². The number of benzene rings is 2. The molecule has 0 aliphatic heterocycles. The third-order valence-corrected chi connectivity index (χ3v) is 4.17. The molecule has 1 heterocycles. The molecule has 140 valence electrons. The number of anilines is 2. The number of hydrogen-bond donors (Lipinski definition) is 2. The zero-order valence-electron chi connectivity index (χ0n) is 15.5. The lowest BCUT2D eigenvalue weighted by Crippen LogP contribution is -2.26. The van der Waals surface area contributed by atoms with Crippen LogP contribution in [0, 0.1) is 11.3 Å². The molecule has 0 fully saturated rings. The summed E-state index contributed by atoms with van der Waals surface area (Å²) in [4.78, 5) is 16.5. The van der Waals surface area contributed by atoms with Crippen molar-refractivity contribution in [2.45, 2.75) is 6.42 Å². The molecule has 0 unspecified atom stereocenters. The van der Waals surface area contributed by atoms with Gasteiger partial charge in [-0.2, -0.15) is 5.26 Å². The number of pyridine rings is 1. The van der Waals surface area contributed by atoms with Crippen molar-refractivity contribution in [1.29, 1.82) is 5.26 Å². The minimum absolute atomic E-state index is 0.222. The number of ether oxygens (including phenoxy) is 1. The Hall–Kier alpha value is -3.85. The van der Waals surface area contributed by atoms with Crippen LogP contribution < -0.4 is 15.4 Å². The van der Waals surface area contributed by atoms with Gasteiger partial charge < -0.3 is 15.4 Å². The van der Waals surface area contributed by atoms with E-state index in [1.54, 1.807) is 37.6 Å². The highest BCUT2D eigenvalue weighted by Gasteiger charge is 2.08. The van der Waals surface area contributed by atoms with Crippen molar-refractivity contribution in [2.75, 3.05) is 19.0 Å². The second-order valence-corrected chi connectivity index (χ2v) is 6.06. The van der Waals surface area contributed by atoms with E-state index in [-0.39, 0.29) is 5.91 Å². The van der Waals surface area contributed by atoms with Crippen molar-refractivity contribution >= 4 is 17.3 Å². The second kappa shape index (κ2) is 9.19. The predicted octanol–water partition coefficient (Wildman–Crippen LogP) is 3.68. The van der Waals surface area contributed by atoms with Crippen LogP contribution in [0.15, 0.2) is 66.9 Å². The Labute approximate surface area is 163 Å². The largest absolute Gasteiger partial charge is 0.496 e. The van der Waals surface area contributed by atoms with Gasteiger partial charge in [-0.15, -0.1) is 0 Å². The lowest BCUT2D eigenvalue weighted by molar-refractivity contribution is 0.0949. The molecule has 3 aromatic rings. The third kappa shape index (κ3) is 4.86.